The van der Waals surface area contributed by atoms with Crippen LogP contribution in [0.25, 0.3) is 0 Å². The molecule has 1 aromatic carbocycles. The molecule has 0 saturated carbocycles. The highest BCUT2D eigenvalue weighted by Crippen LogP contribution is 2.12. The van der Waals surface area contributed by atoms with E-state index in [4.69, 9.17) is 10.8 Å². The Morgan fingerprint density at radius 3 is 2.87 bits per heavy atom. The molecule has 0 saturated heterocycles. The van der Waals surface area contributed by atoms with E-state index in [1.54, 1.807) is 25.1 Å². The van der Waals surface area contributed by atoms with Gasteiger partial charge in [-0.25, -0.2) is 0 Å². The van der Waals surface area contributed by atoms with Crippen molar-refractivity contribution in [1.82, 2.24) is 5.32 Å². The van der Waals surface area contributed by atoms with Gasteiger partial charge >= 0.3 is 0 Å². The van der Waals surface area contributed by atoms with E-state index in [9.17, 15) is 4.79 Å². The first-order chi connectivity index (χ1) is 7.00. The van der Waals surface area contributed by atoms with Crippen molar-refractivity contribution in [3.63, 3.8) is 0 Å². The Hall–Kier alpha value is -1.55. The number of hydrogen-bond donors (Lipinski definition) is 3. The molecule has 1 aromatic rings. The third-order valence-electron chi connectivity index (χ3n) is 2.06. The van der Waals surface area contributed by atoms with E-state index >= 15 is 0 Å². The molecule has 1 amide bonds. The Balaban J connectivity index is 2.77. The molecular weight excluding hydrogens is 192 g/mol. The fourth-order valence-electron chi connectivity index (χ4n) is 1.22. The van der Waals surface area contributed by atoms with E-state index in [0.717, 1.165) is 5.56 Å². The first-order valence-corrected chi connectivity index (χ1v) is 4.83. The zero-order valence-corrected chi connectivity index (χ0v) is 8.95. The zero-order chi connectivity index (χ0) is 11.4. The number of amides is 1. The lowest BCUT2D eigenvalue weighted by molar-refractivity contribution is 0.0923. The number of hydrogen-bond acceptors (Lipinski definition) is 3. The smallest absolute Gasteiger partial charge is 0.251 e. The zero-order valence-electron chi connectivity index (χ0n) is 8.95. The van der Waals surface area contributed by atoms with E-state index in [0.29, 0.717) is 11.3 Å². The van der Waals surface area contributed by atoms with Crippen molar-refractivity contribution in [2.45, 2.75) is 20.0 Å². The van der Waals surface area contributed by atoms with E-state index < -0.39 is 6.10 Å². The molecule has 0 radical (unpaired) electrons. The lowest BCUT2D eigenvalue weighted by Gasteiger charge is -2.09. The first kappa shape index (κ1) is 11.5. The molecule has 0 bridgehead atoms. The second-order valence-corrected chi connectivity index (χ2v) is 3.63. The summed E-state index contributed by atoms with van der Waals surface area (Å²) < 4.78 is 0. The second kappa shape index (κ2) is 4.79. The average molecular weight is 208 g/mol. The van der Waals surface area contributed by atoms with E-state index in [-0.39, 0.29) is 12.5 Å². The third-order valence-corrected chi connectivity index (χ3v) is 2.06. The molecule has 1 unspecified atom stereocenters. The van der Waals surface area contributed by atoms with Crippen molar-refractivity contribution >= 4 is 11.6 Å². The van der Waals surface area contributed by atoms with Gasteiger partial charge in [-0.3, -0.25) is 4.79 Å². The highest BCUT2D eigenvalue weighted by molar-refractivity contribution is 5.96. The van der Waals surface area contributed by atoms with Crippen LogP contribution in [0.5, 0.6) is 0 Å². The molecule has 15 heavy (non-hydrogen) atoms. The van der Waals surface area contributed by atoms with Gasteiger partial charge in [0.05, 0.1) is 6.10 Å². The van der Waals surface area contributed by atoms with Gasteiger partial charge in [-0.15, -0.1) is 0 Å². The van der Waals surface area contributed by atoms with Crippen molar-refractivity contribution in [2.24, 2.45) is 0 Å². The van der Waals surface area contributed by atoms with Crippen LogP contribution in [0.1, 0.15) is 22.8 Å². The van der Waals surface area contributed by atoms with Gasteiger partial charge in [0.2, 0.25) is 0 Å². The first-order valence-electron chi connectivity index (χ1n) is 4.83. The van der Waals surface area contributed by atoms with Crippen LogP contribution in [0.4, 0.5) is 5.69 Å². The number of rotatable bonds is 3. The lowest BCUT2D eigenvalue weighted by atomic mass is 10.1. The van der Waals surface area contributed by atoms with Gasteiger partial charge in [-0.05, 0) is 31.5 Å². The monoisotopic (exact) mass is 208 g/mol. The minimum Gasteiger partial charge on any atom is -0.399 e. The van der Waals surface area contributed by atoms with Crippen LogP contribution in [-0.4, -0.2) is 23.7 Å². The van der Waals surface area contributed by atoms with Crippen LogP contribution in [0, 0.1) is 6.92 Å². The maximum absolute atomic E-state index is 11.6. The Kier molecular flexibility index (Phi) is 3.68. The van der Waals surface area contributed by atoms with E-state index in [1.165, 1.54) is 0 Å². The van der Waals surface area contributed by atoms with Gasteiger partial charge in [0.1, 0.15) is 0 Å². The summed E-state index contributed by atoms with van der Waals surface area (Å²) in [7, 11) is 0. The second-order valence-electron chi connectivity index (χ2n) is 3.63. The summed E-state index contributed by atoms with van der Waals surface area (Å²) in [6.07, 6.45) is -0.546. The van der Waals surface area contributed by atoms with Crippen molar-refractivity contribution < 1.29 is 9.90 Å². The van der Waals surface area contributed by atoms with Crippen LogP contribution < -0.4 is 11.1 Å². The van der Waals surface area contributed by atoms with E-state index in [2.05, 4.69) is 5.32 Å². The molecule has 0 aromatic heterocycles. The standard InChI is InChI=1S/C11H16N2O2/c1-7-3-4-9(12)5-10(7)11(15)13-6-8(2)14/h3-5,8,14H,6,12H2,1-2H3,(H,13,15). The molecular formula is C11H16N2O2. The average Bonchev–Trinajstić information content (AvgIpc) is 2.18. The van der Waals surface area contributed by atoms with Crippen molar-refractivity contribution in [3.05, 3.63) is 29.3 Å². The van der Waals surface area contributed by atoms with Gasteiger partial charge in [-0.1, -0.05) is 6.07 Å². The molecule has 4 N–H and O–H groups in total. The molecule has 0 fully saturated rings. The largest absolute Gasteiger partial charge is 0.399 e. The van der Waals surface area contributed by atoms with Crippen LogP contribution in [0.15, 0.2) is 18.2 Å². The molecule has 0 aliphatic rings. The van der Waals surface area contributed by atoms with Gasteiger partial charge in [0.25, 0.3) is 5.91 Å². The fourth-order valence-corrected chi connectivity index (χ4v) is 1.22. The highest BCUT2D eigenvalue weighted by atomic mass is 16.3. The number of carbonyl (C=O) groups is 1. The predicted molar refractivity (Wildman–Crippen MR) is 59.6 cm³/mol. The Labute approximate surface area is 89.1 Å². The van der Waals surface area contributed by atoms with Crippen LogP contribution in [-0.2, 0) is 0 Å². The molecule has 0 aliphatic heterocycles. The van der Waals surface area contributed by atoms with Crippen LogP contribution >= 0.6 is 0 Å². The summed E-state index contributed by atoms with van der Waals surface area (Å²) in [4.78, 5) is 11.6. The molecule has 1 atom stereocenters. The van der Waals surface area contributed by atoms with Crippen molar-refractivity contribution in [3.8, 4) is 0 Å². The third kappa shape index (κ3) is 3.25. The van der Waals surface area contributed by atoms with Gasteiger partial charge in [-0.2, -0.15) is 0 Å². The molecule has 1 rings (SSSR count). The van der Waals surface area contributed by atoms with Crippen molar-refractivity contribution in [1.29, 1.82) is 0 Å². The summed E-state index contributed by atoms with van der Waals surface area (Å²) in [6, 6.07) is 5.18. The maximum atomic E-state index is 11.6. The molecule has 4 nitrogen and oxygen atoms in total. The predicted octanol–water partition coefficient (Wildman–Crippen LogP) is 0.688. The summed E-state index contributed by atoms with van der Waals surface area (Å²) in [5.41, 5.74) is 7.57. The Morgan fingerprint density at radius 2 is 2.27 bits per heavy atom. The molecule has 4 heteroatoms. The normalized spacial score (nSPS) is 12.2. The maximum Gasteiger partial charge on any atom is 0.251 e. The molecule has 82 valence electrons. The Bertz CT molecular complexity index is 362. The number of aliphatic hydroxyl groups excluding tert-OH is 1. The van der Waals surface area contributed by atoms with Crippen molar-refractivity contribution in [2.75, 3.05) is 12.3 Å². The summed E-state index contributed by atoms with van der Waals surface area (Å²) in [6.45, 7) is 3.70. The molecule has 0 spiro atoms. The summed E-state index contributed by atoms with van der Waals surface area (Å²) in [5.74, 6) is -0.208. The number of benzene rings is 1. The quantitative estimate of drug-likeness (QED) is 0.640. The minimum absolute atomic E-state index is 0.208. The van der Waals surface area contributed by atoms with Crippen LogP contribution in [0.3, 0.4) is 0 Å². The summed E-state index contributed by atoms with van der Waals surface area (Å²) in [5, 5.41) is 11.7. The van der Waals surface area contributed by atoms with Crippen LogP contribution in [0.2, 0.25) is 0 Å². The number of carbonyl (C=O) groups excluding carboxylic acids is 1. The van der Waals surface area contributed by atoms with Gasteiger partial charge < -0.3 is 16.2 Å². The molecule has 0 aliphatic carbocycles. The number of nitrogen functional groups attached to an aromatic ring is 1. The molecule has 0 heterocycles. The number of nitrogens with one attached hydrogen (secondary N) is 1. The number of nitrogens with two attached hydrogens (primary N) is 1. The Morgan fingerprint density at radius 1 is 1.60 bits per heavy atom. The lowest BCUT2D eigenvalue weighted by Crippen LogP contribution is -2.31. The number of anilines is 1. The number of aryl methyl sites for hydroxylation is 1. The minimum atomic E-state index is -0.546. The SMILES string of the molecule is Cc1ccc(N)cc1C(=O)NCC(C)O. The highest BCUT2D eigenvalue weighted by Gasteiger charge is 2.09. The topological polar surface area (TPSA) is 75.4 Å². The van der Waals surface area contributed by atoms with Gasteiger partial charge in [0, 0.05) is 17.8 Å². The van der Waals surface area contributed by atoms with E-state index in [1.807, 2.05) is 6.92 Å². The fraction of sp³-hybridized carbons (Fsp3) is 0.364. The number of aliphatic hydroxyl groups is 1. The summed E-state index contributed by atoms with van der Waals surface area (Å²) >= 11 is 0. The van der Waals surface area contributed by atoms with Gasteiger partial charge in [0.15, 0.2) is 0 Å².